The van der Waals surface area contributed by atoms with Gasteiger partial charge in [-0.25, -0.2) is 9.97 Å². The molecule has 13 aromatic rings. The van der Waals surface area contributed by atoms with Crippen molar-refractivity contribution in [1.82, 2.24) is 23.7 Å². The molecule has 0 saturated carbocycles. The molecule has 0 amide bonds. The molecule has 4 heterocycles. The fraction of sp³-hybridized carbons (Fsp3) is 0. The standard InChI is InChI=1S/C59H32N8/c60-33-36-14-12-18-41(30-36)65-49-25-9-5-21-44(49)52-56-53(45-22-6-10-26-50(45)66(56)42-19-13-15-37(31-42)34-61)58-54(57(52)65)46-23-7-11-27-51(46)67(58)48-29-28-39(32-40(48)35-62)55-43-20-4-8-24-47(43)63-59(64-55)38-16-2-1-3-17-38/h1-32H. The lowest BCUT2D eigenvalue weighted by Crippen LogP contribution is -2.01. The summed E-state index contributed by atoms with van der Waals surface area (Å²) >= 11 is 0. The van der Waals surface area contributed by atoms with E-state index in [4.69, 9.17) is 9.97 Å². The van der Waals surface area contributed by atoms with Crippen molar-refractivity contribution in [3.05, 3.63) is 211 Å². The van der Waals surface area contributed by atoms with Crippen LogP contribution in [0.25, 0.3) is 116 Å². The first-order chi connectivity index (χ1) is 33.1. The lowest BCUT2D eigenvalue weighted by Gasteiger charge is -2.15. The third kappa shape index (κ3) is 5.50. The first-order valence-electron chi connectivity index (χ1n) is 21.9. The smallest absolute Gasteiger partial charge is 0.160 e. The average molecular weight is 853 g/mol. The second-order valence-electron chi connectivity index (χ2n) is 16.7. The fourth-order valence-corrected chi connectivity index (χ4v) is 10.3. The summed E-state index contributed by atoms with van der Waals surface area (Å²) in [6, 6.07) is 72.2. The summed E-state index contributed by atoms with van der Waals surface area (Å²) in [6.45, 7) is 0. The number of nitrogens with zero attached hydrogens (tertiary/aromatic N) is 8. The third-order valence-corrected chi connectivity index (χ3v) is 13.1. The number of aromatic nitrogens is 5. The van der Waals surface area contributed by atoms with Crippen molar-refractivity contribution in [2.45, 2.75) is 0 Å². The Balaban J connectivity index is 1.23. The molecule has 13 rings (SSSR count). The summed E-state index contributed by atoms with van der Waals surface area (Å²) < 4.78 is 6.84. The molecule has 0 bridgehead atoms. The maximum absolute atomic E-state index is 11.3. The Morgan fingerprint density at radius 2 is 0.866 bits per heavy atom. The van der Waals surface area contributed by atoms with Gasteiger partial charge in [-0.05, 0) is 72.8 Å². The third-order valence-electron chi connectivity index (χ3n) is 13.1. The second kappa shape index (κ2) is 14.6. The van der Waals surface area contributed by atoms with Gasteiger partial charge in [0, 0.05) is 60.2 Å². The van der Waals surface area contributed by atoms with Crippen LogP contribution in [-0.2, 0) is 0 Å². The summed E-state index contributed by atoms with van der Waals surface area (Å²) in [5, 5.41) is 38.7. The van der Waals surface area contributed by atoms with Crippen molar-refractivity contribution in [2.75, 3.05) is 0 Å². The van der Waals surface area contributed by atoms with Crippen LogP contribution in [0.15, 0.2) is 194 Å². The van der Waals surface area contributed by atoms with Crippen LogP contribution < -0.4 is 0 Å². The molecule has 0 aliphatic carbocycles. The molecule has 308 valence electrons. The highest BCUT2D eigenvalue weighted by atomic mass is 15.0. The molecule has 67 heavy (non-hydrogen) atoms. The van der Waals surface area contributed by atoms with E-state index < -0.39 is 0 Å². The van der Waals surface area contributed by atoms with E-state index in [1.165, 1.54) is 0 Å². The van der Waals surface area contributed by atoms with Crippen LogP contribution in [0.1, 0.15) is 16.7 Å². The number of fused-ring (bicyclic) bond motifs is 13. The molecular formula is C59H32N8. The minimum Gasteiger partial charge on any atom is -0.308 e. The quantitative estimate of drug-likeness (QED) is 0.171. The second-order valence-corrected chi connectivity index (χ2v) is 16.7. The van der Waals surface area contributed by atoms with Crippen molar-refractivity contribution in [3.63, 3.8) is 0 Å². The van der Waals surface area contributed by atoms with E-state index in [1.807, 2.05) is 103 Å². The van der Waals surface area contributed by atoms with Crippen molar-refractivity contribution in [3.8, 4) is 57.9 Å². The highest BCUT2D eigenvalue weighted by molar-refractivity contribution is 6.40. The molecule has 0 saturated heterocycles. The summed E-state index contributed by atoms with van der Waals surface area (Å²) in [4.78, 5) is 10.1. The summed E-state index contributed by atoms with van der Waals surface area (Å²) in [5.41, 5.74) is 13.0. The lowest BCUT2D eigenvalue weighted by molar-refractivity contribution is 1.16. The van der Waals surface area contributed by atoms with Crippen molar-refractivity contribution < 1.29 is 0 Å². The van der Waals surface area contributed by atoms with E-state index in [9.17, 15) is 15.8 Å². The van der Waals surface area contributed by atoms with E-state index in [-0.39, 0.29) is 0 Å². The van der Waals surface area contributed by atoms with Crippen LogP contribution in [0.4, 0.5) is 0 Å². The van der Waals surface area contributed by atoms with Gasteiger partial charge in [-0.3, -0.25) is 0 Å². The van der Waals surface area contributed by atoms with Crippen molar-refractivity contribution in [1.29, 1.82) is 15.8 Å². The topological polar surface area (TPSA) is 112 Å². The molecule has 0 spiro atoms. The van der Waals surface area contributed by atoms with E-state index >= 15 is 0 Å². The van der Waals surface area contributed by atoms with Crippen LogP contribution in [0, 0.1) is 34.0 Å². The van der Waals surface area contributed by atoms with Gasteiger partial charge in [0.2, 0.25) is 0 Å². The van der Waals surface area contributed by atoms with Crippen LogP contribution >= 0.6 is 0 Å². The maximum Gasteiger partial charge on any atom is 0.160 e. The van der Waals surface area contributed by atoms with Crippen LogP contribution in [0.2, 0.25) is 0 Å². The molecule has 8 nitrogen and oxygen atoms in total. The molecule has 0 N–H and O–H groups in total. The molecule has 0 aliphatic heterocycles. The molecule has 8 heteroatoms. The highest BCUT2D eigenvalue weighted by Gasteiger charge is 2.29. The van der Waals surface area contributed by atoms with Gasteiger partial charge in [0.15, 0.2) is 5.82 Å². The van der Waals surface area contributed by atoms with Crippen LogP contribution in [-0.4, -0.2) is 23.7 Å². The zero-order chi connectivity index (χ0) is 44.8. The van der Waals surface area contributed by atoms with Gasteiger partial charge in [0.1, 0.15) is 6.07 Å². The molecule has 0 unspecified atom stereocenters. The number of benzene rings is 9. The number of nitriles is 3. The van der Waals surface area contributed by atoms with Gasteiger partial charge < -0.3 is 13.7 Å². The van der Waals surface area contributed by atoms with Crippen molar-refractivity contribution in [2.24, 2.45) is 0 Å². The van der Waals surface area contributed by atoms with E-state index in [0.717, 1.165) is 110 Å². The molecule has 4 aromatic heterocycles. The molecule has 9 aromatic carbocycles. The zero-order valence-electron chi connectivity index (χ0n) is 35.6. The fourth-order valence-electron chi connectivity index (χ4n) is 10.3. The zero-order valence-corrected chi connectivity index (χ0v) is 35.6. The van der Waals surface area contributed by atoms with E-state index in [2.05, 4.69) is 123 Å². The Morgan fingerprint density at radius 1 is 0.373 bits per heavy atom. The van der Waals surface area contributed by atoms with Crippen LogP contribution in [0.5, 0.6) is 0 Å². The maximum atomic E-state index is 11.3. The number of rotatable bonds is 5. The minimum absolute atomic E-state index is 0.477. The Bertz CT molecular complexity index is 4290. The normalized spacial score (nSPS) is 11.5. The predicted molar refractivity (Wildman–Crippen MR) is 268 cm³/mol. The van der Waals surface area contributed by atoms with Crippen molar-refractivity contribution >= 4 is 76.3 Å². The van der Waals surface area contributed by atoms with Gasteiger partial charge in [0.05, 0.1) is 78.8 Å². The van der Waals surface area contributed by atoms with Gasteiger partial charge in [-0.15, -0.1) is 0 Å². The minimum atomic E-state index is 0.477. The molecule has 0 fully saturated rings. The van der Waals surface area contributed by atoms with Gasteiger partial charge >= 0.3 is 0 Å². The Morgan fingerprint density at radius 3 is 1.42 bits per heavy atom. The predicted octanol–water partition coefficient (Wildman–Crippen LogP) is 13.9. The first kappa shape index (κ1) is 37.7. The van der Waals surface area contributed by atoms with Crippen LogP contribution in [0.3, 0.4) is 0 Å². The summed E-state index contributed by atoms with van der Waals surface area (Å²) in [6.07, 6.45) is 0. The molecule has 0 aliphatic rings. The van der Waals surface area contributed by atoms with E-state index in [1.54, 1.807) is 0 Å². The van der Waals surface area contributed by atoms with Gasteiger partial charge in [0.25, 0.3) is 0 Å². The molecular weight excluding hydrogens is 821 g/mol. The number of hydrogen-bond donors (Lipinski definition) is 0. The SMILES string of the molecule is N#Cc1cccc(-n2c3ccccc3c3c2c2c4ccccc4n(-c4ccc(-c5nc(-c6ccccc6)nc6ccccc56)cc4C#N)c2c2c4ccccc4n(-c4cccc(C#N)c4)c32)c1. The number of para-hydroxylation sites is 4. The monoisotopic (exact) mass is 852 g/mol. The molecule has 0 atom stereocenters. The lowest BCUT2D eigenvalue weighted by atomic mass is 10.0. The molecule has 0 radical (unpaired) electrons. The van der Waals surface area contributed by atoms with E-state index in [0.29, 0.717) is 22.5 Å². The largest absolute Gasteiger partial charge is 0.308 e. The van der Waals surface area contributed by atoms with Gasteiger partial charge in [-0.1, -0.05) is 121 Å². The Labute approximate surface area is 382 Å². The van der Waals surface area contributed by atoms with Gasteiger partial charge in [-0.2, -0.15) is 15.8 Å². The first-order valence-corrected chi connectivity index (χ1v) is 21.9. The average Bonchev–Trinajstić information content (AvgIpc) is 4.04. The summed E-state index contributed by atoms with van der Waals surface area (Å²) in [5.74, 6) is 0.609. The Kier molecular flexibility index (Phi) is 8.23. The Hall–Kier alpha value is -9.81. The highest BCUT2D eigenvalue weighted by Crippen LogP contribution is 2.50. The number of hydrogen-bond acceptors (Lipinski definition) is 5. The summed E-state index contributed by atoms with van der Waals surface area (Å²) in [7, 11) is 0.